The molecule has 1 heterocycles. The molecule has 0 amide bonds. The third-order valence-electron chi connectivity index (χ3n) is 3.06. The minimum atomic E-state index is -0.337. The summed E-state index contributed by atoms with van der Waals surface area (Å²) >= 11 is 0. The van der Waals surface area contributed by atoms with Gasteiger partial charge < -0.3 is 29.4 Å². The molecule has 1 atom stereocenters. The van der Waals surface area contributed by atoms with E-state index in [1.807, 2.05) is 6.92 Å². The van der Waals surface area contributed by atoms with Gasteiger partial charge in [-0.1, -0.05) is 0 Å². The number of hydrogen-bond acceptors (Lipinski definition) is 6. The monoisotopic (exact) mass is 269 g/mol. The van der Waals surface area contributed by atoms with E-state index in [2.05, 4.69) is 5.32 Å². The van der Waals surface area contributed by atoms with E-state index in [1.54, 1.807) is 26.4 Å². The number of ether oxygens (including phenoxy) is 4. The Bertz CT molecular complexity index is 433. The van der Waals surface area contributed by atoms with Crippen molar-refractivity contribution in [2.24, 2.45) is 0 Å². The van der Waals surface area contributed by atoms with E-state index in [9.17, 15) is 5.11 Å². The van der Waals surface area contributed by atoms with Crippen LogP contribution in [0.5, 0.6) is 17.2 Å². The summed E-state index contributed by atoms with van der Waals surface area (Å²) in [5.41, 5.74) is 0.738. The molecule has 0 fully saturated rings. The van der Waals surface area contributed by atoms with Crippen molar-refractivity contribution >= 4 is 0 Å². The Hall–Kier alpha value is -1.50. The van der Waals surface area contributed by atoms with E-state index < -0.39 is 0 Å². The van der Waals surface area contributed by atoms with Crippen molar-refractivity contribution in [1.82, 2.24) is 5.32 Å². The number of fused-ring (bicyclic) bond motifs is 1. The molecule has 1 aromatic rings. The van der Waals surface area contributed by atoms with Crippen molar-refractivity contribution in [2.45, 2.75) is 25.8 Å². The quantitative estimate of drug-likeness (QED) is 0.757. The zero-order valence-corrected chi connectivity index (χ0v) is 11.3. The van der Waals surface area contributed by atoms with Gasteiger partial charge in [0.05, 0.1) is 6.04 Å². The van der Waals surface area contributed by atoms with Crippen LogP contribution < -0.4 is 14.8 Å². The molecule has 0 saturated heterocycles. The van der Waals surface area contributed by atoms with Gasteiger partial charge >= 0.3 is 0 Å². The molecule has 1 aromatic carbocycles. The Balaban J connectivity index is 2.00. The van der Waals surface area contributed by atoms with Crippen LogP contribution in [0.25, 0.3) is 0 Å². The van der Waals surface area contributed by atoms with Gasteiger partial charge in [0.15, 0.2) is 17.8 Å². The maximum absolute atomic E-state index is 9.90. The highest BCUT2D eigenvalue weighted by Crippen LogP contribution is 2.37. The van der Waals surface area contributed by atoms with Crippen molar-refractivity contribution in [3.8, 4) is 17.2 Å². The fourth-order valence-corrected chi connectivity index (χ4v) is 1.99. The zero-order chi connectivity index (χ0) is 13.8. The summed E-state index contributed by atoms with van der Waals surface area (Å²) < 4.78 is 20.8. The van der Waals surface area contributed by atoms with Crippen LogP contribution in [0.15, 0.2) is 12.1 Å². The Morgan fingerprint density at radius 2 is 1.89 bits per heavy atom. The van der Waals surface area contributed by atoms with Gasteiger partial charge in [-0.2, -0.15) is 0 Å². The molecule has 0 bridgehead atoms. The first-order chi connectivity index (χ1) is 9.15. The highest BCUT2D eigenvalue weighted by Gasteiger charge is 2.19. The number of rotatable bonds is 6. The average Bonchev–Trinajstić information content (AvgIpc) is 2.84. The van der Waals surface area contributed by atoms with Gasteiger partial charge in [-0.05, 0) is 13.0 Å². The third-order valence-corrected chi connectivity index (χ3v) is 3.06. The topological polar surface area (TPSA) is 69.2 Å². The van der Waals surface area contributed by atoms with E-state index in [-0.39, 0.29) is 24.9 Å². The van der Waals surface area contributed by atoms with E-state index >= 15 is 0 Å². The van der Waals surface area contributed by atoms with Crippen LogP contribution >= 0.6 is 0 Å². The van der Waals surface area contributed by atoms with E-state index in [0.717, 1.165) is 5.56 Å². The van der Waals surface area contributed by atoms with E-state index in [1.165, 1.54) is 0 Å². The van der Waals surface area contributed by atoms with Crippen LogP contribution in [-0.2, 0) is 16.0 Å². The molecule has 1 unspecified atom stereocenters. The molecular weight excluding hydrogens is 250 g/mol. The highest BCUT2D eigenvalue weighted by atomic mass is 16.7. The van der Waals surface area contributed by atoms with Crippen LogP contribution in [0.1, 0.15) is 12.5 Å². The minimum absolute atomic E-state index is 0.0141. The molecule has 0 saturated carbocycles. The fraction of sp³-hybridized carbons (Fsp3) is 0.538. The molecule has 1 aliphatic rings. The summed E-state index contributed by atoms with van der Waals surface area (Å²) in [6, 6.07) is 3.32. The van der Waals surface area contributed by atoms with Crippen molar-refractivity contribution in [1.29, 1.82) is 0 Å². The second-order valence-corrected chi connectivity index (χ2v) is 4.34. The second-order valence-electron chi connectivity index (χ2n) is 4.34. The van der Waals surface area contributed by atoms with Crippen LogP contribution in [0, 0.1) is 0 Å². The van der Waals surface area contributed by atoms with Gasteiger partial charge in [0.25, 0.3) is 0 Å². The molecule has 1 aliphatic heterocycles. The number of benzene rings is 1. The van der Waals surface area contributed by atoms with E-state index in [4.69, 9.17) is 18.9 Å². The number of methoxy groups -OCH3 is 2. The third kappa shape index (κ3) is 3.09. The smallest absolute Gasteiger partial charge is 0.231 e. The number of phenolic OH excluding ortho intramolecular Hbond substituents is 1. The summed E-state index contributed by atoms with van der Waals surface area (Å²) in [7, 11) is 3.18. The SMILES string of the molecule is COC(OC)C(C)NCc1cc2c(cc1O)OCO2. The van der Waals surface area contributed by atoms with Crippen LogP contribution in [0.2, 0.25) is 0 Å². The summed E-state index contributed by atoms with van der Waals surface area (Å²) in [5, 5.41) is 13.1. The predicted octanol–water partition coefficient (Wildman–Crippen LogP) is 1.22. The lowest BCUT2D eigenvalue weighted by Crippen LogP contribution is -2.39. The summed E-state index contributed by atoms with van der Waals surface area (Å²) in [4.78, 5) is 0. The lowest BCUT2D eigenvalue weighted by atomic mass is 10.1. The van der Waals surface area contributed by atoms with Crippen molar-refractivity contribution in [2.75, 3.05) is 21.0 Å². The van der Waals surface area contributed by atoms with Gasteiger partial charge in [0.2, 0.25) is 6.79 Å². The van der Waals surface area contributed by atoms with Gasteiger partial charge in [0.1, 0.15) is 5.75 Å². The molecule has 19 heavy (non-hydrogen) atoms. The summed E-state index contributed by atoms with van der Waals surface area (Å²) in [5.74, 6) is 1.40. The van der Waals surface area contributed by atoms with Crippen LogP contribution in [-0.4, -0.2) is 38.5 Å². The van der Waals surface area contributed by atoms with Crippen molar-refractivity contribution in [3.05, 3.63) is 17.7 Å². The lowest BCUT2D eigenvalue weighted by molar-refractivity contribution is -0.119. The molecule has 0 spiro atoms. The molecule has 0 radical (unpaired) electrons. The normalized spacial score (nSPS) is 14.9. The first kappa shape index (κ1) is 13.9. The van der Waals surface area contributed by atoms with Crippen LogP contribution in [0.3, 0.4) is 0 Å². The number of phenols is 1. The van der Waals surface area contributed by atoms with Crippen LogP contribution in [0.4, 0.5) is 0 Å². The van der Waals surface area contributed by atoms with Gasteiger partial charge in [0, 0.05) is 32.4 Å². The minimum Gasteiger partial charge on any atom is -0.507 e. The molecule has 0 aliphatic carbocycles. The maximum atomic E-state index is 9.90. The molecule has 6 nitrogen and oxygen atoms in total. The predicted molar refractivity (Wildman–Crippen MR) is 68.3 cm³/mol. The second kappa shape index (κ2) is 6.10. The number of aromatic hydroxyl groups is 1. The molecule has 106 valence electrons. The maximum Gasteiger partial charge on any atom is 0.231 e. The van der Waals surface area contributed by atoms with E-state index in [0.29, 0.717) is 18.0 Å². The van der Waals surface area contributed by atoms with Gasteiger partial charge in [-0.25, -0.2) is 0 Å². The molecular formula is C13H19NO5. The summed E-state index contributed by atoms with van der Waals surface area (Å²) in [6.07, 6.45) is -0.337. The Morgan fingerprint density at radius 3 is 2.53 bits per heavy atom. The zero-order valence-electron chi connectivity index (χ0n) is 11.3. The largest absolute Gasteiger partial charge is 0.507 e. The highest BCUT2D eigenvalue weighted by molar-refractivity contribution is 5.51. The first-order valence-electron chi connectivity index (χ1n) is 6.06. The average molecular weight is 269 g/mol. The Morgan fingerprint density at radius 1 is 1.26 bits per heavy atom. The molecule has 0 aromatic heterocycles. The number of nitrogens with one attached hydrogen (secondary N) is 1. The van der Waals surface area contributed by atoms with Crippen molar-refractivity contribution in [3.63, 3.8) is 0 Å². The first-order valence-corrected chi connectivity index (χ1v) is 6.06. The molecule has 2 rings (SSSR count). The Labute approximate surface area is 112 Å². The fourth-order valence-electron chi connectivity index (χ4n) is 1.99. The van der Waals surface area contributed by atoms with Gasteiger partial charge in [-0.15, -0.1) is 0 Å². The molecule has 2 N–H and O–H groups in total. The molecule has 6 heteroatoms. The Kier molecular flexibility index (Phi) is 4.47. The van der Waals surface area contributed by atoms with Gasteiger partial charge in [-0.3, -0.25) is 0 Å². The standard InChI is InChI=1S/C13H19NO5/c1-8(13(16-2)17-3)14-6-9-4-11-12(5-10(9)15)19-7-18-11/h4-5,8,13-15H,6-7H2,1-3H3. The summed E-state index contributed by atoms with van der Waals surface area (Å²) in [6.45, 7) is 2.62. The lowest BCUT2D eigenvalue weighted by Gasteiger charge is -2.22. The van der Waals surface area contributed by atoms with Crippen molar-refractivity contribution < 1.29 is 24.1 Å². The number of hydrogen-bond donors (Lipinski definition) is 2.